The number of halogens is 3. The van der Waals surface area contributed by atoms with Crippen molar-refractivity contribution in [3.05, 3.63) is 41.3 Å². The van der Waals surface area contributed by atoms with Gasteiger partial charge in [0, 0.05) is 12.1 Å². The number of carbonyl (C=O) groups is 1. The number of benzene rings is 1. The van der Waals surface area contributed by atoms with Crippen LogP contribution in [0.25, 0.3) is 11.5 Å². The summed E-state index contributed by atoms with van der Waals surface area (Å²) in [5.74, 6) is 0.380. The summed E-state index contributed by atoms with van der Waals surface area (Å²) >= 11 is 0. The Hall–Kier alpha value is -2.35. The number of piperidine rings is 1. The highest BCUT2D eigenvalue weighted by Crippen LogP contribution is 2.32. The number of rotatable bonds is 4. The molecule has 0 spiro atoms. The van der Waals surface area contributed by atoms with Crippen molar-refractivity contribution >= 4 is 5.97 Å². The van der Waals surface area contributed by atoms with Crippen LogP contribution in [0.1, 0.15) is 36.3 Å². The van der Waals surface area contributed by atoms with Gasteiger partial charge in [0.15, 0.2) is 0 Å². The summed E-state index contributed by atoms with van der Waals surface area (Å²) in [6, 6.07) is 4.55. The van der Waals surface area contributed by atoms with E-state index in [0.29, 0.717) is 24.4 Å². The molecule has 8 heteroatoms. The van der Waals surface area contributed by atoms with Crippen molar-refractivity contribution in [1.29, 1.82) is 0 Å². The molecule has 1 saturated heterocycles. The number of ether oxygens (including phenoxy) is 1. The first kappa shape index (κ1) is 19.4. The lowest BCUT2D eigenvalue weighted by molar-refractivity contribution is -0.148. The fourth-order valence-corrected chi connectivity index (χ4v) is 3.30. The van der Waals surface area contributed by atoms with Crippen molar-refractivity contribution in [3.63, 3.8) is 0 Å². The first-order chi connectivity index (χ1) is 12.8. The van der Waals surface area contributed by atoms with Gasteiger partial charge in [-0.15, -0.1) is 0 Å². The Morgan fingerprint density at radius 2 is 2.15 bits per heavy atom. The first-order valence-corrected chi connectivity index (χ1v) is 8.75. The molecule has 2 heterocycles. The Bertz CT molecular complexity index is 817. The first-order valence-electron chi connectivity index (χ1n) is 8.75. The molecule has 27 heavy (non-hydrogen) atoms. The number of methoxy groups -OCH3 is 1. The maximum atomic E-state index is 12.9. The van der Waals surface area contributed by atoms with E-state index in [1.807, 2.05) is 4.90 Å². The molecule has 1 aromatic carbocycles. The van der Waals surface area contributed by atoms with E-state index in [4.69, 9.17) is 9.15 Å². The van der Waals surface area contributed by atoms with Crippen LogP contribution in [0.3, 0.4) is 0 Å². The van der Waals surface area contributed by atoms with Crippen molar-refractivity contribution in [2.24, 2.45) is 0 Å². The van der Waals surface area contributed by atoms with Crippen LogP contribution in [-0.2, 0) is 22.3 Å². The summed E-state index contributed by atoms with van der Waals surface area (Å²) in [6.45, 7) is 2.83. The van der Waals surface area contributed by atoms with Crippen molar-refractivity contribution in [2.75, 3.05) is 13.7 Å². The zero-order valence-electron chi connectivity index (χ0n) is 15.2. The molecule has 0 radical (unpaired) electrons. The second-order valence-corrected chi connectivity index (χ2v) is 6.61. The minimum Gasteiger partial charge on any atom is -0.468 e. The smallest absolute Gasteiger partial charge is 0.416 e. The summed E-state index contributed by atoms with van der Waals surface area (Å²) in [7, 11) is 1.36. The van der Waals surface area contributed by atoms with Gasteiger partial charge in [0.25, 0.3) is 0 Å². The van der Waals surface area contributed by atoms with Gasteiger partial charge in [-0.05, 0) is 44.5 Å². The molecule has 3 rings (SSSR count). The number of esters is 1. The molecule has 0 saturated carbocycles. The van der Waals surface area contributed by atoms with Gasteiger partial charge in [-0.25, -0.2) is 4.98 Å². The van der Waals surface area contributed by atoms with Gasteiger partial charge in [0.2, 0.25) is 5.89 Å². The Morgan fingerprint density at radius 1 is 1.37 bits per heavy atom. The normalized spacial score (nSPS) is 18.5. The number of aryl methyl sites for hydroxylation is 1. The van der Waals surface area contributed by atoms with Gasteiger partial charge in [-0.2, -0.15) is 13.2 Å². The third-order valence-electron chi connectivity index (χ3n) is 4.77. The van der Waals surface area contributed by atoms with E-state index in [-0.39, 0.29) is 23.5 Å². The number of aromatic nitrogens is 1. The monoisotopic (exact) mass is 382 g/mol. The Kier molecular flexibility index (Phi) is 5.55. The summed E-state index contributed by atoms with van der Waals surface area (Å²) in [5, 5.41) is 0. The number of hydrogen-bond donors (Lipinski definition) is 0. The highest BCUT2D eigenvalue weighted by molar-refractivity contribution is 5.75. The lowest BCUT2D eigenvalue weighted by Gasteiger charge is -2.33. The van der Waals surface area contributed by atoms with Crippen LogP contribution < -0.4 is 0 Å². The van der Waals surface area contributed by atoms with Gasteiger partial charge in [0.05, 0.1) is 18.4 Å². The van der Waals surface area contributed by atoms with Crippen LogP contribution in [-0.4, -0.2) is 35.5 Å². The van der Waals surface area contributed by atoms with Crippen molar-refractivity contribution < 1.29 is 27.1 Å². The van der Waals surface area contributed by atoms with E-state index in [2.05, 4.69) is 4.98 Å². The Morgan fingerprint density at radius 3 is 2.85 bits per heavy atom. The van der Waals surface area contributed by atoms with Crippen LogP contribution in [0.5, 0.6) is 0 Å². The third-order valence-corrected chi connectivity index (χ3v) is 4.77. The van der Waals surface area contributed by atoms with Gasteiger partial charge >= 0.3 is 12.1 Å². The van der Waals surface area contributed by atoms with Crippen molar-refractivity contribution in [3.8, 4) is 11.5 Å². The SMILES string of the molecule is COC(=O)[C@H]1CCCCN1Cc1nc(-c2cccc(C(F)(F)F)c2)oc1C. The third kappa shape index (κ3) is 4.32. The average molecular weight is 382 g/mol. The van der Waals surface area contributed by atoms with Crippen LogP contribution in [0.15, 0.2) is 28.7 Å². The minimum atomic E-state index is -4.43. The highest BCUT2D eigenvalue weighted by Gasteiger charge is 2.32. The van der Waals surface area contributed by atoms with Crippen LogP contribution in [0.4, 0.5) is 13.2 Å². The molecule has 1 aliphatic rings. The fourth-order valence-electron chi connectivity index (χ4n) is 3.30. The second kappa shape index (κ2) is 7.72. The Labute approximate surface area is 155 Å². The predicted molar refractivity (Wildman–Crippen MR) is 91.7 cm³/mol. The molecule has 0 N–H and O–H groups in total. The number of likely N-dealkylation sites (tertiary alicyclic amines) is 1. The molecule has 0 bridgehead atoms. The lowest BCUT2D eigenvalue weighted by Crippen LogP contribution is -2.44. The fraction of sp³-hybridized carbons (Fsp3) is 0.474. The topological polar surface area (TPSA) is 55.6 Å². The van der Waals surface area contributed by atoms with Crippen LogP contribution in [0.2, 0.25) is 0 Å². The van der Waals surface area contributed by atoms with E-state index < -0.39 is 11.7 Å². The molecule has 5 nitrogen and oxygen atoms in total. The van der Waals surface area contributed by atoms with E-state index >= 15 is 0 Å². The summed E-state index contributed by atoms with van der Waals surface area (Å²) < 4.78 is 49.3. The number of hydrogen-bond acceptors (Lipinski definition) is 5. The van der Waals surface area contributed by atoms with E-state index in [1.54, 1.807) is 6.92 Å². The molecule has 1 fully saturated rings. The van der Waals surface area contributed by atoms with Gasteiger partial charge < -0.3 is 9.15 Å². The zero-order chi connectivity index (χ0) is 19.6. The molecule has 2 aromatic rings. The second-order valence-electron chi connectivity index (χ2n) is 6.61. The van der Waals surface area contributed by atoms with E-state index in [9.17, 15) is 18.0 Å². The largest absolute Gasteiger partial charge is 0.468 e. The number of oxazole rings is 1. The van der Waals surface area contributed by atoms with Gasteiger partial charge in [-0.3, -0.25) is 9.69 Å². The highest BCUT2D eigenvalue weighted by atomic mass is 19.4. The van der Waals surface area contributed by atoms with Crippen LogP contribution >= 0.6 is 0 Å². The zero-order valence-corrected chi connectivity index (χ0v) is 15.2. The minimum absolute atomic E-state index is 0.139. The maximum absolute atomic E-state index is 12.9. The van der Waals surface area contributed by atoms with E-state index in [1.165, 1.54) is 19.2 Å². The predicted octanol–water partition coefficient (Wildman–Crippen LogP) is 4.20. The quantitative estimate of drug-likeness (QED) is 0.742. The summed E-state index contributed by atoms with van der Waals surface area (Å²) in [6.07, 6.45) is -1.81. The summed E-state index contributed by atoms with van der Waals surface area (Å²) in [4.78, 5) is 18.4. The molecule has 0 unspecified atom stereocenters. The number of alkyl halides is 3. The molecule has 1 aromatic heterocycles. The average Bonchev–Trinajstić information content (AvgIpc) is 3.01. The van der Waals surface area contributed by atoms with Crippen molar-refractivity contribution in [2.45, 2.75) is 44.9 Å². The number of nitrogens with zero attached hydrogens (tertiary/aromatic N) is 2. The molecular formula is C19H21F3N2O3. The molecule has 146 valence electrons. The number of carbonyl (C=O) groups excluding carboxylic acids is 1. The maximum Gasteiger partial charge on any atom is 0.416 e. The Balaban J connectivity index is 1.83. The van der Waals surface area contributed by atoms with Gasteiger partial charge in [0.1, 0.15) is 11.8 Å². The molecule has 1 atom stereocenters. The summed E-state index contributed by atoms with van der Waals surface area (Å²) in [5.41, 5.74) is 0.125. The van der Waals surface area contributed by atoms with Gasteiger partial charge in [-0.1, -0.05) is 12.5 Å². The van der Waals surface area contributed by atoms with E-state index in [0.717, 1.165) is 31.5 Å². The molecule has 0 aliphatic carbocycles. The molecule has 1 aliphatic heterocycles. The van der Waals surface area contributed by atoms with Crippen molar-refractivity contribution in [1.82, 2.24) is 9.88 Å². The standard InChI is InChI=1S/C19H21F3N2O3/c1-12-15(11-24-9-4-3-8-16(24)18(25)26-2)23-17(27-12)13-6-5-7-14(10-13)19(20,21)22/h5-7,10,16H,3-4,8-9,11H2,1-2H3/t16-/m1/s1. The lowest BCUT2D eigenvalue weighted by atomic mass is 10.0. The molecular weight excluding hydrogens is 361 g/mol. The van der Waals surface area contributed by atoms with Crippen LogP contribution in [0, 0.1) is 6.92 Å². The molecule has 0 amide bonds.